The molecule has 0 bridgehead atoms. The molecule has 0 amide bonds. The predicted octanol–water partition coefficient (Wildman–Crippen LogP) is 3.94. The average molecular weight is 224 g/mol. The largest absolute Gasteiger partial charge is 0.507 e. The molecule has 0 unspecified atom stereocenters. The van der Waals surface area contributed by atoms with Gasteiger partial charge in [-0.1, -0.05) is 36.4 Å². The third-order valence-corrected chi connectivity index (χ3v) is 3.56. The van der Waals surface area contributed by atoms with Crippen LogP contribution in [0.2, 0.25) is 0 Å². The highest BCUT2D eigenvalue weighted by atomic mass is 16.3. The zero-order chi connectivity index (χ0) is 11.7. The molecular weight excluding hydrogens is 208 g/mol. The summed E-state index contributed by atoms with van der Waals surface area (Å²) in [6.07, 6.45) is 4.98. The number of fused-ring (bicyclic) bond motifs is 1. The number of phenolic OH excluding ortho intramolecular Hbond substituents is 1. The minimum absolute atomic E-state index is 0.364. The van der Waals surface area contributed by atoms with Gasteiger partial charge in [-0.2, -0.15) is 0 Å². The highest BCUT2D eigenvalue weighted by Gasteiger charge is 2.11. The van der Waals surface area contributed by atoms with Gasteiger partial charge in [0.1, 0.15) is 5.75 Å². The van der Waals surface area contributed by atoms with E-state index in [-0.39, 0.29) is 0 Å². The predicted molar refractivity (Wildman–Crippen MR) is 70.2 cm³/mol. The topological polar surface area (TPSA) is 20.2 Å². The second-order valence-electron chi connectivity index (χ2n) is 4.71. The first-order valence-electron chi connectivity index (χ1n) is 6.25. The van der Waals surface area contributed by atoms with E-state index in [0.717, 1.165) is 11.1 Å². The first kappa shape index (κ1) is 10.4. The lowest BCUT2D eigenvalue weighted by atomic mass is 9.89. The highest BCUT2D eigenvalue weighted by molar-refractivity contribution is 5.71. The molecule has 1 nitrogen and oxygen atoms in total. The maximum absolute atomic E-state index is 9.87. The Hall–Kier alpha value is -1.76. The Kier molecular flexibility index (Phi) is 2.60. The smallest absolute Gasteiger partial charge is 0.123 e. The number of para-hydroxylation sites is 1. The summed E-state index contributed by atoms with van der Waals surface area (Å²) < 4.78 is 0. The molecule has 0 radical (unpaired) electrons. The van der Waals surface area contributed by atoms with Crippen molar-refractivity contribution in [2.75, 3.05) is 0 Å². The summed E-state index contributed by atoms with van der Waals surface area (Å²) in [7, 11) is 0. The maximum Gasteiger partial charge on any atom is 0.123 e. The molecule has 0 heterocycles. The van der Waals surface area contributed by atoms with Crippen molar-refractivity contribution in [1.29, 1.82) is 0 Å². The monoisotopic (exact) mass is 224 g/mol. The summed E-state index contributed by atoms with van der Waals surface area (Å²) in [6, 6.07) is 14.1. The summed E-state index contributed by atoms with van der Waals surface area (Å²) >= 11 is 0. The standard InChI is InChI=1S/C16H16O/c17-16-8-4-3-7-15(16)14-10-9-12-5-1-2-6-13(12)11-14/h3-4,7-11,17H,1-2,5-6H2. The van der Waals surface area contributed by atoms with Crippen LogP contribution in [-0.2, 0) is 12.8 Å². The van der Waals surface area contributed by atoms with Gasteiger partial charge in [0.2, 0.25) is 0 Å². The molecule has 0 aromatic heterocycles. The van der Waals surface area contributed by atoms with Crippen molar-refractivity contribution in [3.05, 3.63) is 53.6 Å². The van der Waals surface area contributed by atoms with E-state index in [1.807, 2.05) is 18.2 Å². The van der Waals surface area contributed by atoms with Gasteiger partial charge in [0, 0.05) is 5.56 Å². The van der Waals surface area contributed by atoms with Gasteiger partial charge < -0.3 is 5.11 Å². The molecule has 1 N–H and O–H groups in total. The molecule has 0 saturated heterocycles. The number of hydrogen-bond donors (Lipinski definition) is 1. The molecule has 1 aliphatic rings. The third-order valence-electron chi connectivity index (χ3n) is 3.56. The number of benzene rings is 2. The van der Waals surface area contributed by atoms with Crippen molar-refractivity contribution in [3.63, 3.8) is 0 Å². The average Bonchev–Trinajstić information content (AvgIpc) is 2.39. The molecule has 0 spiro atoms. The lowest BCUT2D eigenvalue weighted by Crippen LogP contribution is -2.02. The van der Waals surface area contributed by atoms with Crippen LogP contribution in [0.1, 0.15) is 24.0 Å². The summed E-state index contributed by atoms with van der Waals surface area (Å²) in [6.45, 7) is 0. The zero-order valence-corrected chi connectivity index (χ0v) is 9.82. The minimum atomic E-state index is 0.364. The number of aryl methyl sites for hydroxylation is 2. The first-order valence-corrected chi connectivity index (χ1v) is 6.25. The van der Waals surface area contributed by atoms with Crippen LogP contribution in [0.4, 0.5) is 0 Å². The molecule has 2 aromatic carbocycles. The van der Waals surface area contributed by atoms with E-state index in [2.05, 4.69) is 18.2 Å². The second kappa shape index (κ2) is 4.25. The number of hydrogen-bond acceptors (Lipinski definition) is 1. The lowest BCUT2D eigenvalue weighted by molar-refractivity contribution is 0.477. The van der Waals surface area contributed by atoms with Crippen molar-refractivity contribution in [2.24, 2.45) is 0 Å². The quantitative estimate of drug-likeness (QED) is 0.778. The van der Waals surface area contributed by atoms with Gasteiger partial charge in [-0.3, -0.25) is 0 Å². The van der Waals surface area contributed by atoms with Crippen LogP contribution in [-0.4, -0.2) is 5.11 Å². The molecule has 0 saturated carbocycles. The summed E-state index contributed by atoms with van der Waals surface area (Å²) in [5.41, 5.74) is 5.00. The fourth-order valence-corrected chi connectivity index (χ4v) is 2.62. The van der Waals surface area contributed by atoms with Gasteiger partial charge in [-0.15, -0.1) is 0 Å². The van der Waals surface area contributed by atoms with Crippen LogP contribution < -0.4 is 0 Å². The Balaban J connectivity index is 2.07. The van der Waals surface area contributed by atoms with E-state index in [1.165, 1.54) is 36.8 Å². The molecular formula is C16H16O. The SMILES string of the molecule is Oc1ccccc1-c1ccc2c(c1)CCCC2. The number of phenols is 1. The van der Waals surface area contributed by atoms with Crippen LogP contribution >= 0.6 is 0 Å². The van der Waals surface area contributed by atoms with E-state index in [4.69, 9.17) is 0 Å². The van der Waals surface area contributed by atoms with E-state index >= 15 is 0 Å². The van der Waals surface area contributed by atoms with E-state index in [1.54, 1.807) is 6.07 Å². The number of aromatic hydroxyl groups is 1. The molecule has 2 aromatic rings. The molecule has 0 aliphatic heterocycles. The Labute approximate surface area is 102 Å². The molecule has 0 atom stereocenters. The summed E-state index contributed by atoms with van der Waals surface area (Å²) in [4.78, 5) is 0. The number of rotatable bonds is 1. The second-order valence-corrected chi connectivity index (χ2v) is 4.71. The Morgan fingerprint density at radius 2 is 1.59 bits per heavy atom. The van der Waals surface area contributed by atoms with Gasteiger partial charge in [0.15, 0.2) is 0 Å². The molecule has 3 rings (SSSR count). The van der Waals surface area contributed by atoms with Gasteiger partial charge in [0.25, 0.3) is 0 Å². The Bertz CT molecular complexity index is 543. The molecule has 17 heavy (non-hydrogen) atoms. The molecule has 86 valence electrons. The van der Waals surface area contributed by atoms with E-state index < -0.39 is 0 Å². The van der Waals surface area contributed by atoms with Gasteiger partial charge >= 0.3 is 0 Å². The minimum Gasteiger partial charge on any atom is -0.507 e. The van der Waals surface area contributed by atoms with Crippen LogP contribution in [0.3, 0.4) is 0 Å². The van der Waals surface area contributed by atoms with Crippen molar-refractivity contribution in [2.45, 2.75) is 25.7 Å². The fraction of sp³-hybridized carbons (Fsp3) is 0.250. The third kappa shape index (κ3) is 1.93. The van der Waals surface area contributed by atoms with Crippen molar-refractivity contribution >= 4 is 0 Å². The van der Waals surface area contributed by atoms with Gasteiger partial charge in [0.05, 0.1) is 0 Å². The van der Waals surface area contributed by atoms with Crippen molar-refractivity contribution < 1.29 is 5.11 Å². The molecule has 1 heteroatoms. The Morgan fingerprint density at radius 3 is 2.41 bits per heavy atom. The van der Waals surface area contributed by atoms with Crippen LogP contribution in [0.5, 0.6) is 5.75 Å². The van der Waals surface area contributed by atoms with E-state index in [0.29, 0.717) is 5.75 Å². The normalized spacial score (nSPS) is 14.4. The van der Waals surface area contributed by atoms with Crippen molar-refractivity contribution in [3.8, 4) is 16.9 Å². The highest BCUT2D eigenvalue weighted by Crippen LogP contribution is 2.32. The van der Waals surface area contributed by atoms with Gasteiger partial charge in [-0.25, -0.2) is 0 Å². The van der Waals surface area contributed by atoms with Crippen LogP contribution in [0.15, 0.2) is 42.5 Å². The molecule has 1 aliphatic carbocycles. The zero-order valence-electron chi connectivity index (χ0n) is 9.82. The Morgan fingerprint density at radius 1 is 0.824 bits per heavy atom. The first-order chi connectivity index (χ1) is 8.34. The fourth-order valence-electron chi connectivity index (χ4n) is 2.62. The maximum atomic E-state index is 9.87. The van der Waals surface area contributed by atoms with Crippen molar-refractivity contribution in [1.82, 2.24) is 0 Å². The molecule has 0 fully saturated rings. The van der Waals surface area contributed by atoms with Crippen LogP contribution in [0.25, 0.3) is 11.1 Å². The summed E-state index contributed by atoms with van der Waals surface area (Å²) in [5.74, 6) is 0.364. The van der Waals surface area contributed by atoms with E-state index in [9.17, 15) is 5.11 Å². The van der Waals surface area contributed by atoms with Crippen LogP contribution in [0, 0.1) is 0 Å². The summed E-state index contributed by atoms with van der Waals surface area (Å²) in [5, 5.41) is 9.87. The van der Waals surface area contributed by atoms with Gasteiger partial charge in [-0.05, 0) is 48.4 Å². The lowest BCUT2D eigenvalue weighted by Gasteiger charge is -2.16.